The molecule has 0 spiro atoms. The maximum Gasteiger partial charge on any atom is 0.257 e. The van der Waals surface area contributed by atoms with Gasteiger partial charge in [0, 0.05) is 10.9 Å². The Morgan fingerprint density at radius 2 is 1.77 bits per heavy atom. The van der Waals surface area contributed by atoms with Crippen molar-refractivity contribution in [2.45, 2.75) is 19.6 Å². The molecule has 3 aromatic rings. The fraction of sp³-hybridized carbons (Fsp3) is 0.200. The Hall–Kier alpha value is -2.70. The Bertz CT molecular complexity index is 920. The van der Waals surface area contributed by atoms with Gasteiger partial charge in [0.25, 0.3) is 5.91 Å². The van der Waals surface area contributed by atoms with Crippen LogP contribution in [-0.2, 0) is 9.53 Å². The standard InChI is InChI=1S/C20H18N2O3S/c1-20(2)22(18(23)12-24-20)19-21-17(13-26-19)14-8-10-16(11-9-14)25-15-6-4-3-5-7-15/h3-11,13H,12H2,1-2H3. The van der Waals surface area contributed by atoms with Crippen LogP contribution in [0.15, 0.2) is 60.0 Å². The minimum atomic E-state index is -0.667. The third-order valence-corrected chi connectivity index (χ3v) is 4.97. The Kier molecular flexibility index (Phi) is 4.22. The van der Waals surface area contributed by atoms with Gasteiger partial charge in [0.1, 0.15) is 23.8 Å². The first-order valence-corrected chi connectivity index (χ1v) is 9.17. The molecule has 1 aliphatic rings. The first-order valence-electron chi connectivity index (χ1n) is 8.29. The number of aromatic nitrogens is 1. The summed E-state index contributed by atoms with van der Waals surface area (Å²) in [6, 6.07) is 17.4. The van der Waals surface area contributed by atoms with Gasteiger partial charge in [0.15, 0.2) is 5.13 Å². The van der Waals surface area contributed by atoms with E-state index in [1.165, 1.54) is 11.3 Å². The second-order valence-electron chi connectivity index (χ2n) is 6.42. The lowest BCUT2D eigenvalue weighted by molar-refractivity contribution is -0.117. The molecule has 0 N–H and O–H groups in total. The van der Waals surface area contributed by atoms with Crippen LogP contribution in [0.4, 0.5) is 5.13 Å². The first-order chi connectivity index (χ1) is 12.5. The molecule has 5 nitrogen and oxygen atoms in total. The van der Waals surface area contributed by atoms with E-state index < -0.39 is 5.72 Å². The van der Waals surface area contributed by atoms with Crippen molar-refractivity contribution in [2.24, 2.45) is 0 Å². The highest BCUT2D eigenvalue weighted by Crippen LogP contribution is 2.35. The van der Waals surface area contributed by atoms with Crippen molar-refractivity contribution >= 4 is 22.4 Å². The van der Waals surface area contributed by atoms with Gasteiger partial charge < -0.3 is 9.47 Å². The summed E-state index contributed by atoms with van der Waals surface area (Å²) >= 11 is 1.44. The number of hydrogen-bond donors (Lipinski definition) is 0. The molecule has 1 saturated heterocycles. The molecule has 4 rings (SSSR count). The zero-order valence-corrected chi connectivity index (χ0v) is 15.3. The van der Waals surface area contributed by atoms with E-state index in [0.29, 0.717) is 5.13 Å². The predicted molar refractivity (Wildman–Crippen MR) is 102 cm³/mol. The first kappa shape index (κ1) is 16.8. The summed E-state index contributed by atoms with van der Waals surface area (Å²) in [5.74, 6) is 1.49. The van der Waals surface area contributed by atoms with Gasteiger partial charge >= 0.3 is 0 Å². The fourth-order valence-electron chi connectivity index (χ4n) is 2.82. The number of nitrogens with zero attached hydrogens (tertiary/aromatic N) is 2. The SMILES string of the molecule is CC1(C)OCC(=O)N1c1nc(-c2ccc(Oc3ccccc3)cc2)cs1. The number of amides is 1. The number of benzene rings is 2. The summed E-state index contributed by atoms with van der Waals surface area (Å²) < 4.78 is 11.3. The largest absolute Gasteiger partial charge is 0.457 e. The number of carbonyl (C=O) groups excluding carboxylic acids is 1. The van der Waals surface area contributed by atoms with Crippen molar-refractivity contribution in [3.05, 3.63) is 60.0 Å². The van der Waals surface area contributed by atoms with Crippen molar-refractivity contribution in [1.82, 2.24) is 4.98 Å². The van der Waals surface area contributed by atoms with E-state index in [4.69, 9.17) is 9.47 Å². The molecule has 1 aliphatic heterocycles. The van der Waals surface area contributed by atoms with E-state index in [1.54, 1.807) is 4.90 Å². The van der Waals surface area contributed by atoms with Gasteiger partial charge in [-0.05, 0) is 50.2 Å². The van der Waals surface area contributed by atoms with Gasteiger partial charge in [-0.3, -0.25) is 9.69 Å². The summed E-state index contributed by atoms with van der Waals surface area (Å²) in [4.78, 5) is 18.3. The van der Waals surface area contributed by atoms with Crippen LogP contribution in [0, 0.1) is 0 Å². The van der Waals surface area contributed by atoms with Gasteiger partial charge in [-0.15, -0.1) is 11.3 Å². The maximum atomic E-state index is 12.1. The second kappa shape index (κ2) is 6.55. The molecule has 0 atom stereocenters. The molecule has 0 aliphatic carbocycles. The lowest BCUT2D eigenvalue weighted by Gasteiger charge is -2.27. The third kappa shape index (κ3) is 3.21. The smallest absolute Gasteiger partial charge is 0.257 e. The van der Waals surface area contributed by atoms with Crippen molar-refractivity contribution < 1.29 is 14.3 Å². The van der Waals surface area contributed by atoms with Gasteiger partial charge in [-0.2, -0.15) is 0 Å². The van der Waals surface area contributed by atoms with E-state index in [1.807, 2.05) is 73.8 Å². The number of carbonyl (C=O) groups is 1. The monoisotopic (exact) mass is 366 g/mol. The topological polar surface area (TPSA) is 51.7 Å². The molecule has 1 fully saturated rings. The minimum Gasteiger partial charge on any atom is -0.457 e. The minimum absolute atomic E-state index is 0.0671. The maximum absolute atomic E-state index is 12.1. The highest BCUT2D eigenvalue weighted by Gasteiger charge is 2.41. The Morgan fingerprint density at radius 1 is 1.08 bits per heavy atom. The van der Waals surface area contributed by atoms with Crippen LogP contribution < -0.4 is 9.64 Å². The zero-order valence-electron chi connectivity index (χ0n) is 14.5. The molecule has 1 aromatic heterocycles. The van der Waals surface area contributed by atoms with Crippen molar-refractivity contribution in [2.75, 3.05) is 11.5 Å². The number of hydrogen-bond acceptors (Lipinski definition) is 5. The molecular weight excluding hydrogens is 348 g/mol. The summed E-state index contributed by atoms with van der Waals surface area (Å²) in [7, 11) is 0. The normalized spacial score (nSPS) is 16.1. The summed E-state index contributed by atoms with van der Waals surface area (Å²) in [6.45, 7) is 3.83. The molecular formula is C20H18N2O3S. The molecule has 132 valence electrons. The van der Waals surface area contributed by atoms with Gasteiger partial charge in [-0.1, -0.05) is 18.2 Å². The number of rotatable bonds is 4. The fourth-order valence-corrected chi connectivity index (χ4v) is 3.81. The molecule has 6 heteroatoms. The summed E-state index contributed by atoms with van der Waals surface area (Å²) in [5.41, 5.74) is 1.13. The lowest BCUT2D eigenvalue weighted by Crippen LogP contribution is -2.41. The quantitative estimate of drug-likeness (QED) is 0.671. The lowest BCUT2D eigenvalue weighted by atomic mass is 10.2. The van der Waals surface area contributed by atoms with E-state index in [9.17, 15) is 4.79 Å². The van der Waals surface area contributed by atoms with Crippen molar-refractivity contribution in [1.29, 1.82) is 0 Å². The molecule has 0 unspecified atom stereocenters. The Balaban J connectivity index is 1.54. The van der Waals surface area contributed by atoms with E-state index in [2.05, 4.69) is 4.98 Å². The molecule has 26 heavy (non-hydrogen) atoms. The van der Waals surface area contributed by atoms with Gasteiger partial charge in [0.05, 0.1) is 5.69 Å². The van der Waals surface area contributed by atoms with Crippen molar-refractivity contribution in [3.63, 3.8) is 0 Å². The second-order valence-corrected chi connectivity index (χ2v) is 7.26. The van der Waals surface area contributed by atoms with Crippen LogP contribution in [0.3, 0.4) is 0 Å². The molecule has 1 amide bonds. The number of para-hydroxylation sites is 1. The van der Waals surface area contributed by atoms with Crippen LogP contribution in [-0.4, -0.2) is 23.2 Å². The van der Waals surface area contributed by atoms with Crippen LogP contribution in [0.25, 0.3) is 11.3 Å². The molecule has 2 aromatic carbocycles. The average molecular weight is 366 g/mol. The van der Waals surface area contributed by atoms with Gasteiger partial charge in [-0.25, -0.2) is 4.98 Å². The van der Waals surface area contributed by atoms with Crippen LogP contribution in [0.1, 0.15) is 13.8 Å². The van der Waals surface area contributed by atoms with Gasteiger partial charge in [0.2, 0.25) is 0 Å². The highest BCUT2D eigenvalue weighted by atomic mass is 32.1. The van der Waals surface area contributed by atoms with E-state index in [-0.39, 0.29) is 12.5 Å². The van der Waals surface area contributed by atoms with E-state index >= 15 is 0 Å². The molecule has 2 heterocycles. The Labute approximate surface area is 155 Å². The third-order valence-electron chi connectivity index (χ3n) is 4.15. The summed E-state index contributed by atoms with van der Waals surface area (Å²) in [5, 5.41) is 2.60. The Morgan fingerprint density at radius 3 is 2.42 bits per heavy atom. The predicted octanol–water partition coefficient (Wildman–Crippen LogP) is 4.70. The number of thiazole rings is 1. The van der Waals surface area contributed by atoms with Crippen molar-refractivity contribution in [3.8, 4) is 22.8 Å². The zero-order chi connectivity index (χ0) is 18.1. The molecule has 0 bridgehead atoms. The number of anilines is 1. The van der Waals surface area contributed by atoms with Crippen LogP contribution in [0.5, 0.6) is 11.5 Å². The van der Waals surface area contributed by atoms with Crippen LogP contribution >= 0.6 is 11.3 Å². The summed E-state index contributed by atoms with van der Waals surface area (Å²) in [6.07, 6.45) is 0. The number of ether oxygens (including phenoxy) is 2. The molecule has 0 radical (unpaired) electrons. The van der Waals surface area contributed by atoms with E-state index in [0.717, 1.165) is 22.8 Å². The highest BCUT2D eigenvalue weighted by molar-refractivity contribution is 7.14. The van der Waals surface area contributed by atoms with Crippen LogP contribution in [0.2, 0.25) is 0 Å². The molecule has 0 saturated carbocycles. The average Bonchev–Trinajstić information content (AvgIpc) is 3.20.